The SMILES string of the molecule is CC(C)C[C@H](NC(=O)[C@@H]1CCCN1C(=O)[C@H](CSSC[C@H](N)C(=O)O)CC(=O)[C@H](CC(N)=O)NC(=O)[C@@H](N)CCC(N)=O)C(=O)NCC(N)=O. The van der Waals surface area contributed by atoms with Gasteiger partial charge in [-0.05, 0) is 31.6 Å². The van der Waals surface area contributed by atoms with Crippen LogP contribution in [0.25, 0.3) is 0 Å². The van der Waals surface area contributed by atoms with Crippen molar-refractivity contribution in [1.82, 2.24) is 20.9 Å². The molecule has 0 bridgehead atoms. The third kappa shape index (κ3) is 16.2. The van der Waals surface area contributed by atoms with Crippen molar-refractivity contribution in [3.63, 3.8) is 0 Å². The lowest BCUT2D eigenvalue weighted by molar-refractivity contribution is -0.143. The zero-order valence-electron chi connectivity index (χ0n) is 28.1. The number of carbonyl (C=O) groups is 9. The molecule has 1 rings (SSSR count). The number of nitrogens with zero attached hydrogens (tertiary/aromatic N) is 1. The van der Waals surface area contributed by atoms with Crippen molar-refractivity contribution in [2.45, 2.75) is 89.0 Å². The van der Waals surface area contributed by atoms with Crippen LogP contribution < -0.4 is 44.6 Å². The smallest absolute Gasteiger partial charge is 0.321 e. The number of carbonyl (C=O) groups excluding carboxylic acids is 8. The van der Waals surface area contributed by atoms with Crippen LogP contribution in [0.3, 0.4) is 0 Å². The van der Waals surface area contributed by atoms with Gasteiger partial charge in [-0.3, -0.25) is 43.2 Å². The minimum Gasteiger partial charge on any atom is -0.480 e. The number of rotatable bonds is 24. The molecule has 282 valence electrons. The zero-order valence-corrected chi connectivity index (χ0v) is 29.7. The van der Waals surface area contributed by atoms with Gasteiger partial charge in [-0.15, -0.1) is 0 Å². The van der Waals surface area contributed by atoms with E-state index in [9.17, 15) is 43.2 Å². The number of carboxylic acid groups (broad SMARTS) is 1. The number of hydrogen-bond acceptors (Lipinski definition) is 13. The second-order valence-electron chi connectivity index (χ2n) is 12.3. The lowest BCUT2D eigenvalue weighted by atomic mass is 9.96. The molecule has 19 nitrogen and oxygen atoms in total. The minimum atomic E-state index is -1.47. The van der Waals surface area contributed by atoms with Gasteiger partial charge in [0, 0.05) is 30.9 Å². The highest BCUT2D eigenvalue weighted by Crippen LogP contribution is 2.29. The van der Waals surface area contributed by atoms with Crippen molar-refractivity contribution in [1.29, 1.82) is 0 Å². The molecule has 50 heavy (non-hydrogen) atoms. The maximum absolute atomic E-state index is 14.0. The zero-order chi connectivity index (χ0) is 38.1. The Morgan fingerprint density at radius 3 is 2.02 bits per heavy atom. The first-order valence-corrected chi connectivity index (χ1v) is 18.4. The molecule has 0 aromatic heterocycles. The molecule has 14 N–H and O–H groups in total. The van der Waals surface area contributed by atoms with E-state index in [0.29, 0.717) is 6.42 Å². The van der Waals surface area contributed by atoms with Gasteiger partial charge < -0.3 is 54.6 Å². The Morgan fingerprint density at radius 1 is 0.820 bits per heavy atom. The van der Waals surface area contributed by atoms with Gasteiger partial charge in [0.15, 0.2) is 5.78 Å². The Labute approximate surface area is 297 Å². The second kappa shape index (κ2) is 22.0. The largest absolute Gasteiger partial charge is 0.480 e. The van der Waals surface area contributed by atoms with E-state index in [4.69, 9.17) is 33.8 Å². The standard InChI is InChI=1S/C29H49N9O10S2/c1-14(2)8-19(26(44)35-11-24(34)42)37-27(45)20-4-3-7-38(20)28(46)15(12-49-50-13-17(31)29(47)48)9-21(39)18(10-23(33)41)36-25(43)16(30)5-6-22(32)40/h14-20H,3-13,30-31H2,1-2H3,(H2,32,40)(H2,33,41)(H2,34,42)(H,35,44)(H,36,43)(H,37,45)(H,47,48)/t15-,16-,17-,18-,19-,20-/m0/s1. The summed E-state index contributed by atoms with van der Waals surface area (Å²) < 4.78 is 0. The third-order valence-electron chi connectivity index (χ3n) is 7.48. The summed E-state index contributed by atoms with van der Waals surface area (Å²) in [7, 11) is 2.12. The summed E-state index contributed by atoms with van der Waals surface area (Å²) in [6.45, 7) is 3.36. The van der Waals surface area contributed by atoms with Crippen molar-refractivity contribution in [2.24, 2.45) is 40.5 Å². The molecule has 0 unspecified atom stereocenters. The molecule has 6 atom stereocenters. The van der Waals surface area contributed by atoms with E-state index in [0.717, 1.165) is 21.6 Å². The van der Waals surface area contributed by atoms with E-state index in [1.165, 1.54) is 4.90 Å². The Bertz CT molecular complexity index is 1270. The molecule has 1 aliphatic heterocycles. The van der Waals surface area contributed by atoms with Crippen molar-refractivity contribution in [3.8, 4) is 0 Å². The Hall–Kier alpha value is -3.95. The average molecular weight is 748 g/mol. The number of Topliss-reactive ketones (excluding diaryl/α,β-unsaturated/α-hetero) is 1. The van der Waals surface area contributed by atoms with Crippen LogP contribution in [0.4, 0.5) is 0 Å². The molecular formula is C29H49N9O10S2. The van der Waals surface area contributed by atoms with Crippen LogP contribution in [0.1, 0.15) is 58.8 Å². The molecule has 0 aliphatic carbocycles. The topological polar surface area (TPSA) is 343 Å². The molecule has 0 saturated carbocycles. The predicted octanol–water partition coefficient (Wildman–Crippen LogP) is -3.57. The van der Waals surface area contributed by atoms with Crippen LogP contribution in [0.15, 0.2) is 0 Å². The number of nitrogens with one attached hydrogen (secondary N) is 3. The summed E-state index contributed by atoms with van der Waals surface area (Å²) in [5, 5.41) is 16.5. The van der Waals surface area contributed by atoms with Crippen LogP contribution in [-0.4, -0.2) is 118 Å². The van der Waals surface area contributed by atoms with Gasteiger partial charge in [-0.2, -0.15) is 0 Å². The summed E-state index contributed by atoms with van der Waals surface area (Å²) in [4.78, 5) is 113. The van der Waals surface area contributed by atoms with Crippen molar-refractivity contribution >= 4 is 74.7 Å². The number of primary amides is 3. The van der Waals surface area contributed by atoms with Crippen molar-refractivity contribution in [3.05, 3.63) is 0 Å². The van der Waals surface area contributed by atoms with E-state index in [1.54, 1.807) is 0 Å². The lowest BCUT2D eigenvalue weighted by Crippen LogP contribution is -2.55. The molecule has 21 heteroatoms. The number of hydrogen-bond donors (Lipinski definition) is 9. The molecule has 0 aromatic carbocycles. The van der Waals surface area contributed by atoms with E-state index in [-0.39, 0.29) is 49.7 Å². The number of ketones is 1. The van der Waals surface area contributed by atoms with Crippen LogP contribution in [-0.2, 0) is 43.2 Å². The number of carboxylic acids is 1. The van der Waals surface area contributed by atoms with Gasteiger partial charge in [0.2, 0.25) is 41.4 Å². The summed E-state index contributed by atoms with van der Waals surface area (Å²) >= 11 is 0. The van der Waals surface area contributed by atoms with Gasteiger partial charge in [-0.1, -0.05) is 35.4 Å². The highest BCUT2D eigenvalue weighted by Gasteiger charge is 2.40. The molecule has 1 fully saturated rings. The lowest BCUT2D eigenvalue weighted by Gasteiger charge is -2.30. The summed E-state index contributed by atoms with van der Waals surface area (Å²) in [5.41, 5.74) is 26.9. The van der Waals surface area contributed by atoms with E-state index in [2.05, 4.69) is 16.0 Å². The van der Waals surface area contributed by atoms with Gasteiger partial charge in [0.1, 0.15) is 18.1 Å². The second-order valence-corrected chi connectivity index (χ2v) is 14.8. The molecule has 0 radical (unpaired) electrons. The summed E-state index contributed by atoms with van der Waals surface area (Å²) in [6, 6.07) is -5.95. The van der Waals surface area contributed by atoms with E-state index < -0.39 is 109 Å². The molecule has 1 heterocycles. The molecule has 7 amide bonds. The normalized spacial score (nSPS) is 17.1. The van der Waals surface area contributed by atoms with Crippen molar-refractivity contribution < 1.29 is 48.3 Å². The van der Waals surface area contributed by atoms with Crippen LogP contribution in [0, 0.1) is 11.8 Å². The fraction of sp³-hybridized carbons (Fsp3) is 0.690. The van der Waals surface area contributed by atoms with Crippen molar-refractivity contribution in [2.75, 3.05) is 24.6 Å². The van der Waals surface area contributed by atoms with Gasteiger partial charge in [-0.25, -0.2) is 0 Å². The maximum Gasteiger partial charge on any atom is 0.321 e. The third-order valence-corrected chi connectivity index (χ3v) is 10.00. The fourth-order valence-electron chi connectivity index (χ4n) is 4.89. The Morgan fingerprint density at radius 2 is 1.46 bits per heavy atom. The fourth-order valence-corrected chi connectivity index (χ4v) is 7.30. The van der Waals surface area contributed by atoms with E-state index >= 15 is 0 Å². The van der Waals surface area contributed by atoms with E-state index in [1.807, 2.05) is 13.8 Å². The van der Waals surface area contributed by atoms with Gasteiger partial charge in [0.05, 0.1) is 31.0 Å². The number of likely N-dealkylation sites (tertiary alicyclic amines) is 1. The highest BCUT2D eigenvalue weighted by atomic mass is 33.1. The summed E-state index contributed by atoms with van der Waals surface area (Å²) in [5.74, 6) is -8.32. The molecular weight excluding hydrogens is 699 g/mol. The monoisotopic (exact) mass is 747 g/mol. The number of amides is 7. The Kier molecular flexibility index (Phi) is 19.4. The first kappa shape index (κ1) is 44.1. The van der Waals surface area contributed by atoms with Crippen LogP contribution in [0.2, 0.25) is 0 Å². The van der Waals surface area contributed by atoms with Crippen LogP contribution in [0.5, 0.6) is 0 Å². The first-order valence-electron chi connectivity index (χ1n) is 15.9. The Balaban J connectivity index is 3.24. The molecule has 1 saturated heterocycles. The summed E-state index contributed by atoms with van der Waals surface area (Å²) in [6.07, 6.45) is -0.577. The van der Waals surface area contributed by atoms with Gasteiger partial charge in [0.25, 0.3) is 0 Å². The van der Waals surface area contributed by atoms with Gasteiger partial charge >= 0.3 is 5.97 Å². The first-order chi connectivity index (χ1) is 23.3. The number of nitrogens with two attached hydrogens (primary N) is 5. The molecule has 1 aliphatic rings. The average Bonchev–Trinajstić information content (AvgIpc) is 3.52. The highest BCUT2D eigenvalue weighted by molar-refractivity contribution is 8.76. The molecule has 0 spiro atoms. The van der Waals surface area contributed by atoms with Crippen LogP contribution >= 0.6 is 21.6 Å². The predicted molar refractivity (Wildman–Crippen MR) is 184 cm³/mol. The maximum atomic E-state index is 14.0. The quantitative estimate of drug-likeness (QED) is 0.0341. The minimum absolute atomic E-state index is 0.0256. The number of aliphatic carboxylic acids is 1. The molecule has 0 aromatic rings.